The molecule has 0 aliphatic carbocycles. The van der Waals surface area contributed by atoms with Crippen LogP contribution in [0.2, 0.25) is 0 Å². The van der Waals surface area contributed by atoms with Crippen molar-refractivity contribution >= 4 is 5.91 Å². The largest absolute Gasteiger partial charge is 0.490 e. The molecule has 3 rings (SSSR count). The van der Waals surface area contributed by atoms with Gasteiger partial charge in [-0.25, -0.2) is 4.39 Å². The van der Waals surface area contributed by atoms with Gasteiger partial charge in [0.2, 0.25) is 0 Å². The SMILES string of the molecule is CCOc1ccc(CCNC(=O)c2cc(C(C)(C)C)nn2Cc2ccc(F)cc2)cc1OCC. The molecule has 0 bridgehead atoms. The molecule has 0 saturated carbocycles. The lowest BCUT2D eigenvalue weighted by Gasteiger charge is -2.14. The third kappa shape index (κ3) is 6.59. The average Bonchev–Trinajstić information content (AvgIpc) is 3.22. The van der Waals surface area contributed by atoms with Gasteiger partial charge in [0, 0.05) is 12.0 Å². The van der Waals surface area contributed by atoms with E-state index in [2.05, 4.69) is 31.2 Å². The molecule has 3 aromatic rings. The molecule has 2 aromatic carbocycles. The van der Waals surface area contributed by atoms with Crippen molar-refractivity contribution in [3.8, 4) is 11.5 Å². The number of carbonyl (C=O) groups is 1. The van der Waals surface area contributed by atoms with Gasteiger partial charge < -0.3 is 14.8 Å². The number of aromatic nitrogens is 2. The second kappa shape index (κ2) is 11.2. The van der Waals surface area contributed by atoms with E-state index in [1.54, 1.807) is 16.8 Å². The minimum Gasteiger partial charge on any atom is -0.490 e. The molecule has 182 valence electrons. The highest BCUT2D eigenvalue weighted by molar-refractivity contribution is 5.92. The minimum atomic E-state index is -0.292. The number of benzene rings is 2. The van der Waals surface area contributed by atoms with E-state index in [1.165, 1.54) is 12.1 Å². The minimum absolute atomic E-state index is 0.193. The first-order chi connectivity index (χ1) is 16.2. The van der Waals surface area contributed by atoms with Crippen molar-refractivity contribution in [1.82, 2.24) is 15.1 Å². The first-order valence-corrected chi connectivity index (χ1v) is 11.7. The predicted molar refractivity (Wildman–Crippen MR) is 131 cm³/mol. The van der Waals surface area contributed by atoms with Crippen molar-refractivity contribution in [3.63, 3.8) is 0 Å². The maximum atomic E-state index is 13.3. The maximum Gasteiger partial charge on any atom is 0.269 e. The van der Waals surface area contributed by atoms with Crippen molar-refractivity contribution < 1.29 is 18.7 Å². The van der Waals surface area contributed by atoms with Gasteiger partial charge in [0.25, 0.3) is 5.91 Å². The fourth-order valence-corrected chi connectivity index (χ4v) is 3.51. The van der Waals surface area contributed by atoms with Gasteiger partial charge in [-0.1, -0.05) is 39.0 Å². The summed E-state index contributed by atoms with van der Waals surface area (Å²) in [5.41, 5.74) is 3.02. The summed E-state index contributed by atoms with van der Waals surface area (Å²) >= 11 is 0. The van der Waals surface area contributed by atoms with E-state index in [4.69, 9.17) is 9.47 Å². The van der Waals surface area contributed by atoms with Crippen molar-refractivity contribution in [2.75, 3.05) is 19.8 Å². The Morgan fingerprint density at radius 2 is 1.62 bits per heavy atom. The molecule has 34 heavy (non-hydrogen) atoms. The molecule has 0 aliphatic rings. The highest BCUT2D eigenvalue weighted by atomic mass is 19.1. The van der Waals surface area contributed by atoms with Gasteiger partial charge in [-0.2, -0.15) is 5.10 Å². The van der Waals surface area contributed by atoms with E-state index in [0.29, 0.717) is 44.2 Å². The van der Waals surface area contributed by atoms with Crippen LogP contribution in [0.25, 0.3) is 0 Å². The molecular weight excluding hydrogens is 433 g/mol. The Kier molecular flexibility index (Phi) is 8.31. The van der Waals surface area contributed by atoms with Crippen molar-refractivity contribution in [1.29, 1.82) is 0 Å². The van der Waals surface area contributed by atoms with Crippen LogP contribution in [-0.4, -0.2) is 35.4 Å². The summed E-state index contributed by atoms with van der Waals surface area (Å²) < 4.78 is 26.3. The average molecular weight is 468 g/mol. The first kappa shape index (κ1) is 25.3. The zero-order chi connectivity index (χ0) is 24.7. The smallest absolute Gasteiger partial charge is 0.269 e. The molecule has 0 spiro atoms. The lowest BCUT2D eigenvalue weighted by atomic mass is 9.92. The summed E-state index contributed by atoms with van der Waals surface area (Å²) in [6.07, 6.45) is 0.649. The maximum absolute atomic E-state index is 13.3. The van der Waals surface area contributed by atoms with E-state index in [-0.39, 0.29) is 17.1 Å². The summed E-state index contributed by atoms with van der Waals surface area (Å²) in [5, 5.41) is 7.68. The van der Waals surface area contributed by atoms with Crippen LogP contribution in [0.15, 0.2) is 48.5 Å². The van der Waals surface area contributed by atoms with Crippen LogP contribution in [0, 0.1) is 5.82 Å². The fraction of sp³-hybridized carbons (Fsp3) is 0.407. The Morgan fingerprint density at radius 3 is 2.26 bits per heavy atom. The molecule has 6 nitrogen and oxygen atoms in total. The highest BCUT2D eigenvalue weighted by Crippen LogP contribution is 2.28. The van der Waals surface area contributed by atoms with Crippen LogP contribution in [0.5, 0.6) is 11.5 Å². The lowest BCUT2D eigenvalue weighted by molar-refractivity contribution is 0.0944. The van der Waals surface area contributed by atoms with E-state index >= 15 is 0 Å². The van der Waals surface area contributed by atoms with Crippen molar-refractivity contribution in [2.24, 2.45) is 0 Å². The number of nitrogens with zero attached hydrogens (tertiary/aromatic N) is 2. The molecule has 1 heterocycles. The van der Waals surface area contributed by atoms with Crippen LogP contribution in [-0.2, 0) is 18.4 Å². The Bertz CT molecular complexity index is 1100. The van der Waals surface area contributed by atoms with E-state index in [1.807, 2.05) is 38.1 Å². The van der Waals surface area contributed by atoms with Gasteiger partial charge in [0.05, 0.1) is 25.5 Å². The van der Waals surface area contributed by atoms with Crippen molar-refractivity contribution in [2.45, 2.75) is 53.0 Å². The molecule has 0 radical (unpaired) electrons. The van der Waals surface area contributed by atoms with Crippen LogP contribution in [0.3, 0.4) is 0 Å². The number of halogens is 1. The number of hydrogen-bond acceptors (Lipinski definition) is 4. The lowest BCUT2D eigenvalue weighted by Crippen LogP contribution is -2.28. The zero-order valence-electron chi connectivity index (χ0n) is 20.7. The van der Waals surface area contributed by atoms with Crippen LogP contribution < -0.4 is 14.8 Å². The van der Waals surface area contributed by atoms with E-state index in [0.717, 1.165) is 22.6 Å². The molecule has 7 heteroatoms. The van der Waals surface area contributed by atoms with Crippen LogP contribution >= 0.6 is 0 Å². The number of nitrogens with one attached hydrogen (secondary N) is 1. The Balaban J connectivity index is 1.72. The Hall–Kier alpha value is -3.35. The summed E-state index contributed by atoms with van der Waals surface area (Å²) in [7, 11) is 0. The standard InChI is InChI=1S/C27H34FN3O3/c1-6-33-23-13-10-19(16-24(23)34-7-2)14-15-29-26(32)22-17-25(27(3,4)5)30-31(22)18-20-8-11-21(28)12-9-20/h8-13,16-17H,6-7,14-15,18H2,1-5H3,(H,29,32). The zero-order valence-corrected chi connectivity index (χ0v) is 20.7. The van der Waals surface area contributed by atoms with E-state index in [9.17, 15) is 9.18 Å². The molecule has 0 saturated heterocycles. The summed E-state index contributed by atoms with van der Waals surface area (Å²) in [6.45, 7) is 12.0. The van der Waals surface area contributed by atoms with Gasteiger partial charge in [0.1, 0.15) is 11.5 Å². The molecule has 0 unspecified atom stereocenters. The van der Waals surface area contributed by atoms with Crippen molar-refractivity contribution in [3.05, 3.63) is 76.9 Å². The monoisotopic (exact) mass is 467 g/mol. The second-order valence-corrected chi connectivity index (χ2v) is 9.10. The molecule has 1 amide bonds. The first-order valence-electron chi connectivity index (χ1n) is 11.7. The van der Waals surface area contributed by atoms with Gasteiger partial charge in [0.15, 0.2) is 11.5 Å². The Labute approximate surface area is 201 Å². The van der Waals surface area contributed by atoms with Gasteiger partial charge in [-0.3, -0.25) is 9.48 Å². The number of hydrogen-bond donors (Lipinski definition) is 1. The third-order valence-corrected chi connectivity index (χ3v) is 5.33. The summed E-state index contributed by atoms with van der Waals surface area (Å²) in [4.78, 5) is 13.1. The summed E-state index contributed by atoms with van der Waals surface area (Å²) in [5.74, 6) is 0.942. The third-order valence-electron chi connectivity index (χ3n) is 5.33. The number of amides is 1. The number of rotatable bonds is 10. The quantitative estimate of drug-likeness (QED) is 0.449. The van der Waals surface area contributed by atoms with Gasteiger partial charge in [-0.05, 0) is 61.7 Å². The Morgan fingerprint density at radius 1 is 0.971 bits per heavy atom. The molecule has 1 aromatic heterocycles. The summed E-state index contributed by atoms with van der Waals surface area (Å²) in [6, 6.07) is 13.9. The number of carbonyl (C=O) groups excluding carboxylic acids is 1. The van der Waals surface area contributed by atoms with Gasteiger partial charge >= 0.3 is 0 Å². The van der Waals surface area contributed by atoms with Crippen LogP contribution in [0.4, 0.5) is 4.39 Å². The normalized spacial score (nSPS) is 11.4. The molecule has 0 atom stereocenters. The fourth-order valence-electron chi connectivity index (χ4n) is 3.51. The second-order valence-electron chi connectivity index (χ2n) is 9.10. The highest BCUT2D eigenvalue weighted by Gasteiger charge is 2.23. The predicted octanol–water partition coefficient (Wildman–Crippen LogP) is 5.14. The molecular formula is C27H34FN3O3. The molecule has 0 aliphatic heterocycles. The molecule has 0 fully saturated rings. The topological polar surface area (TPSA) is 65.4 Å². The molecule has 1 N–H and O–H groups in total. The van der Waals surface area contributed by atoms with Crippen LogP contribution in [0.1, 0.15) is 61.9 Å². The van der Waals surface area contributed by atoms with E-state index < -0.39 is 0 Å². The van der Waals surface area contributed by atoms with Gasteiger partial charge in [-0.15, -0.1) is 0 Å². The number of ether oxygens (including phenoxy) is 2.